The standard InChI is InChI=1S/C15H11ClN2/c16-15-14-11(8-10-18-15)5-4-6-12(14)13-7-2-1-3-9-17-13/h1-10,17H. The summed E-state index contributed by atoms with van der Waals surface area (Å²) in [5, 5.41) is 5.85. The van der Waals surface area contributed by atoms with Gasteiger partial charge in [0.1, 0.15) is 5.15 Å². The van der Waals surface area contributed by atoms with Crippen LogP contribution in [-0.4, -0.2) is 4.98 Å². The van der Waals surface area contributed by atoms with Crippen LogP contribution in [0.2, 0.25) is 5.15 Å². The molecule has 1 aliphatic rings. The Balaban J connectivity index is 2.26. The summed E-state index contributed by atoms with van der Waals surface area (Å²) in [4.78, 5) is 4.16. The molecule has 2 aromatic rings. The summed E-state index contributed by atoms with van der Waals surface area (Å²) < 4.78 is 0. The van der Waals surface area contributed by atoms with Crippen molar-refractivity contribution in [1.82, 2.24) is 10.3 Å². The van der Waals surface area contributed by atoms with Crippen LogP contribution in [0.1, 0.15) is 5.56 Å². The number of hydrogen-bond acceptors (Lipinski definition) is 2. The summed E-state index contributed by atoms with van der Waals surface area (Å²) in [5.41, 5.74) is 2.07. The lowest BCUT2D eigenvalue weighted by molar-refractivity contribution is 1.22. The Morgan fingerprint density at radius 1 is 1.06 bits per heavy atom. The average Bonchev–Trinajstić information content (AvgIpc) is 2.67. The second kappa shape index (κ2) is 4.67. The van der Waals surface area contributed by atoms with Gasteiger partial charge in [-0.1, -0.05) is 42.0 Å². The Morgan fingerprint density at radius 2 is 2.00 bits per heavy atom. The molecule has 1 aromatic carbocycles. The molecule has 0 spiro atoms. The van der Waals surface area contributed by atoms with Crippen molar-refractivity contribution >= 4 is 28.1 Å². The van der Waals surface area contributed by atoms with Crippen molar-refractivity contribution in [2.75, 3.05) is 0 Å². The molecule has 0 radical (unpaired) electrons. The predicted octanol–water partition coefficient (Wildman–Crippen LogP) is 3.90. The number of halogens is 1. The van der Waals surface area contributed by atoms with Crippen LogP contribution in [-0.2, 0) is 0 Å². The SMILES string of the molecule is Clc1nccc2cccc(C3=CC=CC=CN3)c12. The Labute approximate surface area is 110 Å². The highest BCUT2D eigenvalue weighted by molar-refractivity contribution is 6.35. The maximum atomic E-state index is 6.22. The quantitative estimate of drug-likeness (QED) is 0.781. The Morgan fingerprint density at radius 3 is 2.94 bits per heavy atom. The number of pyridine rings is 1. The minimum absolute atomic E-state index is 0.531. The third-order valence-corrected chi connectivity index (χ3v) is 3.14. The number of nitrogens with one attached hydrogen (secondary N) is 1. The molecular weight excluding hydrogens is 244 g/mol. The van der Waals surface area contributed by atoms with Gasteiger partial charge in [0.2, 0.25) is 0 Å². The largest absolute Gasteiger partial charge is 0.361 e. The summed E-state index contributed by atoms with van der Waals surface area (Å²) in [5.74, 6) is 0. The molecule has 18 heavy (non-hydrogen) atoms. The molecule has 1 N–H and O–H groups in total. The van der Waals surface area contributed by atoms with Crippen molar-refractivity contribution in [3.8, 4) is 0 Å². The van der Waals surface area contributed by atoms with Gasteiger partial charge in [-0.25, -0.2) is 4.98 Å². The summed E-state index contributed by atoms with van der Waals surface area (Å²) in [7, 11) is 0. The van der Waals surface area contributed by atoms with Crippen LogP contribution >= 0.6 is 11.6 Å². The molecule has 0 bridgehead atoms. The van der Waals surface area contributed by atoms with Crippen LogP contribution in [0, 0.1) is 0 Å². The molecule has 0 aliphatic carbocycles. The zero-order chi connectivity index (χ0) is 12.4. The highest BCUT2D eigenvalue weighted by Crippen LogP contribution is 2.29. The van der Waals surface area contributed by atoms with Crippen molar-refractivity contribution in [3.63, 3.8) is 0 Å². The molecule has 0 amide bonds. The first kappa shape index (κ1) is 11.1. The lowest BCUT2D eigenvalue weighted by Crippen LogP contribution is -2.03. The third kappa shape index (κ3) is 1.91. The van der Waals surface area contributed by atoms with Crippen molar-refractivity contribution in [1.29, 1.82) is 0 Å². The van der Waals surface area contributed by atoms with E-state index in [4.69, 9.17) is 11.6 Å². The van der Waals surface area contributed by atoms with E-state index in [-0.39, 0.29) is 0 Å². The molecule has 1 aliphatic heterocycles. The van der Waals surface area contributed by atoms with E-state index in [1.807, 2.05) is 54.8 Å². The number of allylic oxidation sites excluding steroid dienone is 4. The molecule has 3 rings (SSSR count). The Kier molecular flexibility index (Phi) is 2.87. The van der Waals surface area contributed by atoms with E-state index in [0.29, 0.717) is 5.15 Å². The molecule has 3 heteroatoms. The lowest BCUT2D eigenvalue weighted by Gasteiger charge is -2.10. The Hall–Kier alpha value is -2.06. The summed E-state index contributed by atoms with van der Waals surface area (Å²) in [6.07, 6.45) is 11.6. The van der Waals surface area contributed by atoms with E-state index < -0.39 is 0 Å². The van der Waals surface area contributed by atoms with E-state index in [1.54, 1.807) is 6.20 Å². The van der Waals surface area contributed by atoms with Crippen molar-refractivity contribution in [3.05, 3.63) is 71.7 Å². The predicted molar refractivity (Wildman–Crippen MR) is 76.1 cm³/mol. The van der Waals surface area contributed by atoms with E-state index >= 15 is 0 Å². The molecule has 2 heterocycles. The fourth-order valence-electron chi connectivity index (χ4n) is 2.04. The van der Waals surface area contributed by atoms with Gasteiger partial charge >= 0.3 is 0 Å². The topological polar surface area (TPSA) is 24.9 Å². The van der Waals surface area contributed by atoms with Crippen LogP contribution < -0.4 is 5.32 Å². The van der Waals surface area contributed by atoms with Gasteiger partial charge in [-0.15, -0.1) is 0 Å². The van der Waals surface area contributed by atoms with E-state index in [0.717, 1.165) is 22.0 Å². The van der Waals surface area contributed by atoms with Crippen LogP contribution in [0.4, 0.5) is 0 Å². The summed E-state index contributed by atoms with van der Waals surface area (Å²) in [6.45, 7) is 0. The smallest absolute Gasteiger partial charge is 0.137 e. The van der Waals surface area contributed by atoms with Crippen molar-refractivity contribution in [2.45, 2.75) is 0 Å². The zero-order valence-corrected chi connectivity index (χ0v) is 10.4. The van der Waals surface area contributed by atoms with E-state index in [2.05, 4.69) is 10.3 Å². The average molecular weight is 255 g/mol. The second-order valence-electron chi connectivity index (χ2n) is 3.97. The van der Waals surface area contributed by atoms with Gasteiger partial charge in [0.15, 0.2) is 0 Å². The van der Waals surface area contributed by atoms with Gasteiger partial charge in [-0.2, -0.15) is 0 Å². The van der Waals surface area contributed by atoms with E-state index in [9.17, 15) is 0 Å². The molecule has 0 fully saturated rings. The number of fused-ring (bicyclic) bond motifs is 1. The van der Waals surface area contributed by atoms with Gasteiger partial charge in [0, 0.05) is 29.0 Å². The molecule has 2 nitrogen and oxygen atoms in total. The fourth-order valence-corrected chi connectivity index (χ4v) is 2.30. The summed E-state index contributed by atoms with van der Waals surface area (Å²) in [6, 6.07) is 8.07. The number of nitrogens with zero attached hydrogens (tertiary/aromatic N) is 1. The monoisotopic (exact) mass is 254 g/mol. The molecule has 0 saturated carbocycles. The molecule has 0 unspecified atom stereocenters. The first-order chi connectivity index (χ1) is 8.86. The number of benzene rings is 1. The van der Waals surface area contributed by atoms with E-state index in [1.165, 1.54) is 0 Å². The first-order valence-electron chi connectivity index (χ1n) is 5.70. The lowest BCUT2D eigenvalue weighted by atomic mass is 10.0. The second-order valence-corrected chi connectivity index (χ2v) is 4.33. The maximum Gasteiger partial charge on any atom is 0.137 e. The van der Waals surface area contributed by atoms with Gasteiger partial charge in [0.25, 0.3) is 0 Å². The molecule has 88 valence electrons. The highest BCUT2D eigenvalue weighted by atomic mass is 35.5. The van der Waals surface area contributed by atoms with Gasteiger partial charge < -0.3 is 5.32 Å². The molecular formula is C15H11ClN2. The molecule has 0 saturated heterocycles. The van der Waals surface area contributed by atoms with Crippen molar-refractivity contribution < 1.29 is 0 Å². The molecule has 1 aromatic heterocycles. The minimum atomic E-state index is 0.531. The van der Waals surface area contributed by atoms with Crippen molar-refractivity contribution in [2.24, 2.45) is 0 Å². The third-order valence-electron chi connectivity index (χ3n) is 2.86. The van der Waals surface area contributed by atoms with Gasteiger partial charge in [-0.05, 0) is 23.6 Å². The number of rotatable bonds is 1. The first-order valence-corrected chi connectivity index (χ1v) is 6.08. The van der Waals surface area contributed by atoms with Crippen LogP contribution in [0.3, 0.4) is 0 Å². The number of aromatic nitrogens is 1. The zero-order valence-electron chi connectivity index (χ0n) is 9.60. The van der Waals surface area contributed by atoms with Gasteiger partial charge in [-0.3, -0.25) is 0 Å². The highest BCUT2D eigenvalue weighted by Gasteiger charge is 2.09. The summed E-state index contributed by atoms with van der Waals surface area (Å²) >= 11 is 6.22. The fraction of sp³-hybridized carbons (Fsp3) is 0. The molecule has 0 atom stereocenters. The normalized spacial score (nSPS) is 14.2. The van der Waals surface area contributed by atoms with Crippen LogP contribution in [0.25, 0.3) is 16.5 Å². The number of hydrogen-bond donors (Lipinski definition) is 1. The van der Waals surface area contributed by atoms with Crippen LogP contribution in [0.5, 0.6) is 0 Å². The van der Waals surface area contributed by atoms with Crippen LogP contribution in [0.15, 0.2) is 61.0 Å². The minimum Gasteiger partial charge on any atom is -0.361 e. The van der Waals surface area contributed by atoms with Gasteiger partial charge in [0.05, 0.1) is 0 Å². The maximum absolute atomic E-state index is 6.22. The Bertz CT molecular complexity index is 679.